The summed E-state index contributed by atoms with van der Waals surface area (Å²) in [7, 11) is 1.54. The molecule has 3 N–H and O–H groups in total. The second-order valence-electron chi connectivity index (χ2n) is 6.26. The van der Waals surface area contributed by atoms with E-state index in [-0.39, 0.29) is 5.11 Å². The number of rotatable bonds is 8. The molecule has 0 saturated carbocycles. The molecule has 160 valence electrons. The van der Waals surface area contributed by atoms with Crippen LogP contribution in [0.25, 0.3) is 0 Å². The number of hydrogen-bond acceptors (Lipinski definition) is 5. The minimum absolute atomic E-state index is 0.0401. The maximum absolute atomic E-state index is 12.5. The van der Waals surface area contributed by atoms with Gasteiger partial charge in [0.15, 0.2) is 5.11 Å². The minimum atomic E-state index is -0.431. The Labute approximate surface area is 189 Å². The molecule has 0 aliphatic carbocycles. The number of hydrazine groups is 1. The van der Waals surface area contributed by atoms with Crippen LogP contribution in [0, 0.1) is 0 Å². The van der Waals surface area contributed by atoms with E-state index in [1.807, 2.05) is 0 Å². The van der Waals surface area contributed by atoms with Crippen LogP contribution in [0.2, 0.25) is 0 Å². The van der Waals surface area contributed by atoms with E-state index < -0.39 is 11.8 Å². The number of thiocarbonyl (C=S) groups is 1. The van der Waals surface area contributed by atoms with Gasteiger partial charge >= 0.3 is 0 Å². The third-order valence-electron chi connectivity index (χ3n) is 4.07. The Kier molecular flexibility index (Phi) is 9.56. The van der Waals surface area contributed by atoms with Crippen LogP contribution >= 0.6 is 28.1 Å². The lowest BCUT2D eigenvalue weighted by atomic mass is 10.2. The lowest BCUT2D eigenvalue weighted by Gasteiger charge is -2.13. The predicted octanol–water partition coefficient (Wildman–Crippen LogP) is 3.98. The summed E-state index contributed by atoms with van der Waals surface area (Å²) < 4.78 is 11.5. The zero-order chi connectivity index (χ0) is 21.9. The highest BCUT2D eigenvalue weighted by Crippen LogP contribution is 2.25. The van der Waals surface area contributed by atoms with Gasteiger partial charge in [0.25, 0.3) is 11.8 Å². The molecule has 2 rings (SSSR count). The van der Waals surface area contributed by atoms with Gasteiger partial charge in [-0.1, -0.05) is 31.9 Å². The molecule has 0 atom stereocenters. The van der Waals surface area contributed by atoms with Crippen molar-refractivity contribution in [2.24, 2.45) is 0 Å². The molecule has 0 radical (unpaired) electrons. The quantitative estimate of drug-likeness (QED) is 0.293. The van der Waals surface area contributed by atoms with E-state index in [2.05, 4.69) is 39.0 Å². The van der Waals surface area contributed by atoms with Crippen molar-refractivity contribution < 1.29 is 19.1 Å². The summed E-state index contributed by atoms with van der Waals surface area (Å²) >= 11 is 8.43. The van der Waals surface area contributed by atoms with Crippen LogP contribution in [0.1, 0.15) is 46.9 Å². The van der Waals surface area contributed by atoms with Gasteiger partial charge in [-0.15, -0.1) is 0 Å². The Bertz CT molecular complexity index is 908. The molecule has 0 aliphatic rings. The van der Waals surface area contributed by atoms with Crippen molar-refractivity contribution in [1.29, 1.82) is 0 Å². The Morgan fingerprint density at radius 2 is 1.80 bits per heavy atom. The first-order valence-corrected chi connectivity index (χ1v) is 10.6. The van der Waals surface area contributed by atoms with Gasteiger partial charge in [0.05, 0.1) is 23.8 Å². The number of ether oxygens (including phenoxy) is 2. The van der Waals surface area contributed by atoms with E-state index in [0.717, 1.165) is 19.3 Å². The summed E-state index contributed by atoms with van der Waals surface area (Å²) in [4.78, 5) is 24.8. The van der Waals surface area contributed by atoms with Crippen molar-refractivity contribution in [2.75, 3.05) is 13.7 Å². The van der Waals surface area contributed by atoms with Crippen molar-refractivity contribution in [1.82, 2.24) is 16.2 Å². The monoisotopic (exact) mass is 493 g/mol. The smallest absolute Gasteiger partial charge is 0.269 e. The highest BCUT2D eigenvalue weighted by molar-refractivity contribution is 9.10. The Morgan fingerprint density at radius 1 is 1.03 bits per heavy atom. The minimum Gasteiger partial charge on any atom is -0.496 e. The van der Waals surface area contributed by atoms with Gasteiger partial charge in [-0.25, -0.2) is 0 Å². The number of para-hydroxylation sites is 1. The Morgan fingerprint density at radius 3 is 2.50 bits per heavy atom. The maximum atomic E-state index is 12.5. The summed E-state index contributed by atoms with van der Waals surface area (Å²) in [6.07, 6.45) is 3.07. The van der Waals surface area contributed by atoms with E-state index in [0.29, 0.717) is 33.7 Å². The molecule has 2 amide bonds. The maximum Gasteiger partial charge on any atom is 0.269 e. The number of carbonyl (C=O) groups is 2. The zero-order valence-corrected chi connectivity index (χ0v) is 19.2. The molecule has 0 aliphatic heterocycles. The van der Waals surface area contributed by atoms with Crippen molar-refractivity contribution in [3.63, 3.8) is 0 Å². The van der Waals surface area contributed by atoms with Gasteiger partial charge in [0.2, 0.25) is 0 Å². The number of amides is 2. The van der Waals surface area contributed by atoms with Crippen molar-refractivity contribution in [2.45, 2.75) is 26.2 Å². The molecule has 9 heteroatoms. The molecule has 0 bridgehead atoms. The van der Waals surface area contributed by atoms with E-state index in [1.54, 1.807) is 42.5 Å². The molecule has 0 spiro atoms. The van der Waals surface area contributed by atoms with Crippen LogP contribution in [-0.2, 0) is 0 Å². The fraction of sp³-hybridized carbons (Fsp3) is 0.286. The summed E-state index contributed by atoms with van der Waals surface area (Å²) in [6.45, 7) is 2.65. The molecule has 30 heavy (non-hydrogen) atoms. The lowest BCUT2D eigenvalue weighted by Crippen LogP contribution is -2.48. The van der Waals surface area contributed by atoms with Crippen molar-refractivity contribution in [3.8, 4) is 11.5 Å². The second-order valence-corrected chi connectivity index (χ2v) is 7.53. The molecular formula is C21H24BrN3O4S. The molecule has 2 aromatic rings. The van der Waals surface area contributed by atoms with E-state index in [1.165, 1.54) is 7.11 Å². The number of halogens is 1. The SMILES string of the molecule is CCCCCOc1ccccc1C(=O)NC(=S)NNC(=O)c1ccc(OC)c(Br)c1. The van der Waals surface area contributed by atoms with Gasteiger partial charge < -0.3 is 9.47 Å². The van der Waals surface area contributed by atoms with Crippen LogP contribution in [0.3, 0.4) is 0 Å². The van der Waals surface area contributed by atoms with Gasteiger partial charge in [0.1, 0.15) is 11.5 Å². The molecule has 2 aromatic carbocycles. The molecule has 0 unspecified atom stereocenters. The lowest BCUT2D eigenvalue weighted by molar-refractivity contribution is 0.0933. The Hall–Kier alpha value is -2.65. The van der Waals surface area contributed by atoms with Crippen LogP contribution in [0.4, 0.5) is 0 Å². The topological polar surface area (TPSA) is 88.7 Å². The van der Waals surface area contributed by atoms with Crippen molar-refractivity contribution in [3.05, 3.63) is 58.1 Å². The predicted molar refractivity (Wildman–Crippen MR) is 123 cm³/mol. The summed E-state index contributed by atoms with van der Waals surface area (Å²) in [5, 5.41) is 2.49. The fourth-order valence-electron chi connectivity index (χ4n) is 2.51. The van der Waals surface area contributed by atoms with Gasteiger partial charge in [0, 0.05) is 5.56 Å². The average Bonchev–Trinajstić information content (AvgIpc) is 2.75. The third kappa shape index (κ3) is 7.00. The highest BCUT2D eigenvalue weighted by Gasteiger charge is 2.14. The zero-order valence-electron chi connectivity index (χ0n) is 16.8. The van der Waals surface area contributed by atoms with Crippen LogP contribution in [0.15, 0.2) is 46.9 Å². The molecule has 0 heterocycles. The van der Waals surface area contributed by atoms with Gasteiger partial charge in [-0.2, -0.15) is 0 Å². The molecule has 0 aromatic heterocycles. The van der Waals surface area contributed by atoms with E-state index in [4.69, 9.17) is 21.7 Å². The third-order valence-corrected chi connectivity index (χ3v) is 4.89. The standard InChI is InChI=1S/C21H24BrN3O4S/c1-3-4-7-12-29-17-9-6-5-8-15(17)20(27)23-21(30)25-24-19(26)14-10-11-18(28-2)16(22)13-14/h5-6,8-11,13H,3-4,7,12H2,1-2H3,(H,24,26)(H2,23,25,27,30). The number of nitrogens with one attached hydrogen (secondary N) is 3. The number of hydrogen-bond donors (Lipinski definition) is 3. The number of methoxy groups -OCH3 is 1. The normalized spacial score (nSPS) is 10.1. The number of benzene rings is 2. The second kappa shape index (κ2) is 12.1. The van der Waals surface area contributed by atoms with Crippen molar-refractivity contribution >= 4 is 45.1 Å². The number of carbonyl (C=O) groups excluding carboxylic acids is 2. The Balaban J connectivity index is 1.90. The molecule has 0 fully saturated rings. The fourth-order valence-corrected chi connectivity index (χ4v) is 3.19. The van der Waals surface area contributed by atoms with E-state index in [9.17, 15) is 9.59 Å². The number of unbranched alkanes of at least 4 members (excludes halogenated alkanes) is 2. The average molecular weight is 494 g/mol. The van der Waals surface area contributed by atoms with Gasteiger partial charge in [-0.05, 0) is 64.9 Å². The van der Waals surface area contributed by atoms with Crippen LogP contribution in [0.5, 0.6) is 11.5 Å². The van der Waals surface area contributed by atoms with E-state index >= 15 is 0 Å². The molecular weight excluding hydrogens is 470 g/mol. The first-order chi connectivity index (χ1) is 14.5. The summed E-state index contributed by atoms with van der Waals surface area (Å²) in [6, 6.07) is 11.8. The molecule has 0 saturated heterocycles. The van der Waals surface area contributed by atoms with Crippen LogP contribution in [-0.4, -0.2) is 30.6 Å². The van der Waals surface area contributed by atoms with Gasteiger partial charge in [-0.3, -0.25) is 25.8 Å². The highest BCUT2D eigenvalue weighted by atomic mass is 79.9. The first-order valence-electron chi connectivity index (χ1n) is 9.43. The summed E-state index contributed by atoms with van der Waals surface area (Å²) in [5.74, 6) is 0.244. The first kappa shape index (κ1) is 23.6. The molecule has 7 nitrogen and oxygen atoms in total. The van der Waals surface area contributed by atoms with Crippen LogP contribution < -0.4 is 25.6 Å². The summed E-state index contributed by atoms with van der Waals surface area (Å²) in [5.41, 5.74) is 5.72. The largest absolute Gasteiger partial charge is 0.496 e.